The van der Waals surface area contributed by atoms with E-state index in [4.69, 9.17) is 4.74 Å². The molecule has 3 heteroatoms. The van der Waals surface area contributed by atoms with Gasteiger partial charge in [0.1, 0.15) is 5.60 Å². The highest BCUT2D eigenvalue weighted by Gasteiger charge is 2.32. The lowest BCUT2D eigenvalue weighted by molar-refractivity contribution is 0.0107. The first-order valence-corrected chi connectivity index (χ1v) is 6.06. The molecule has 94 valence electrons. The standard InChI is InChI=1S/C15H17NO2/c1-4-15(2,18-3)14(17)12-9-5-7-11-8-6-10-16-13(11)12/h5-10H,4H2,1-3H3. The number of carbonyl (C=O) groups is 1. The average Bonchev–Trinajstić information content (AvgIpc) is 2.45. The normalized spacial score (nSPS) is 14.4. The maximum atomic E-state index is 12.6. The summed E-state index contributed by atoms with van der Waals surface area (Å²) in [5.41, 5.74) is 0.576. The van der Waals surface area contributed by atoms with Gasteiger partial charge in [-0.05, 0) is 25.5 Å². The first kappa shape index (κ1) is 12.7. The molecule has 0 aliphatic heterocycles. The molecule has 2 aromatic rings. The molecule has 2 rings (SSSR count). The summed E-state index contributed by atoms with van der Waals surface area (Å²) in [5, 5.41) is 0.970. The van der Waals surface area contributed by atoms with Crippen molar-refractivity contribution in [3.8, 4) is 0 Å². The second kappa shape index (κ2) is 4.86. The quantitative estimate of drug-likeness (QED) is 0.774. The third-order valence-corrected chi connectivity index (χ3v) is 3.48. The van der Waals surface area contributed by atoms with Crippen LogP contribution in [0, 0.1) is 0 Å². The Morgan fingerprint density at radius 1 is 1.33 bits per heavy atom. The van der Waals surface area contributed by atoms with Crippen LogP contribution < -0.4 is 0 Å². The number of nitrogens with zero attached hydrogens (tertiary/aromatic N) is 1. The summed E-state index contributed by atoms with van der Waals surface area (Å²) < 4.78 is 5.37. The van der Waals surface area contributed by atoms with Crippen molar-refractivity contribution in [2.45, 2.75) is 25.9 Å². The molecule has 3 nitrogen and oxygen atoms in total. The number of aromatic nitrogens is 1. The Labute approximate surface area is 107 Å². The van der Waals surface area contributed by atoms with Crippen molar-refractivity contribution in [2.75, 3.05) is 7.11 Å². The summed E-state index contributed by atoms with van der Waals surface area (Å²) in [6.45, 7) is 3.76. The molecule has 0 aliphatic rings. The van der Waals surface area contributed by atoms with Crippen LogP contribution in [-0.2, 0) is 4.74 Å². The fourth-order valence-electron chi connectivity index (χ4n) is 1.97. The van der Waals surface area contributed by atoms with Crippen LogP contribution in [0.3, 0.4) is 0 Å². The zero-order valence-corrected chi connectivity index (χ0v) is 10.9. The van der Waals surface area contributed by atoms with Gasteiger partial charge in [0.05, 0.1) is 5.52 Å². The van der Waals surface area contributed by atoms with Gasteiger partial charge in [-0.3, -0.25) is 9.78 Å². The predicted molar refractivity (Wildman–Crippen MR) is 71.8 cm³/mol. The number of Topliss-reactive ketones (excluding diaryl/α,β-unsaturated/α-hetero) is 1. The molecule has 1 aromatic carbocycles. The van der Waals surface area contributed by atoms with Crippen molar-refractivity contribution in [1.82, 2.24) is 4.98 Å². The molecule has 1 heterocycles. The van der Waals surface area contributed by atoms with Gasteiger partial charge in [0.2, 0.25) is 0 Å². The number of hydrogen-bond acceptors (Lipinski definition) is 3. The van der Waals surface area contributed by atoms with Crippen LogP contribution in [0.2, 0.25) is 0 Å². The molecule has 1 unspecified atom stereocenters. The van der Waals surface area contributed by atoms with Crippen LogP contribution >= 0.6 is 0 Å². The Kier molecular flexibility index (Phi) is 3.43. The van der Waals surface area contributed by atoms with E-state index in [2.05, 4.69) is 4.98 Å². The molecule has 0 N–H and O–H groups in total. The number of ether oxygens (including phenoxy) is 1. The Balaban J connectivity index is 2.58. The maximum absolute atomic E-state index is 12.6. The number of rotatable bonds is 4. The van der Waals surface area contributed by atoms with Gasteiger partial charge in [-0.25, -0.2) is 0 Å². The van der Waals surface area contributed by atoms with Crippen molar-refractivity contribution in [2.24, 2.45) is 0 Å². The highest BCUT2D eigenvalue weighted by Crippen LogP contribution is 2.25. The van der Waals surface area contributed by atoms with Gasteiger partial charge in [0.25, 0.3) is 0 Å². The molecular weight excluding hydrogens is 226 g/mol. The molecule has 0 radical (unpaired) electrons. The summed E-state index contributed by atoms with van der Waals surface area (Å²) in [4.78, 5) is 16.9. The number of benzene rings is 1. The number of methoxy groups -OCH3 is 1. The second-order valence-electron chi connectivity index (χ2n) is 4.50. The van der Waals surface area contributed by atoms with Crippen LogP contribution in [0.25, 0.3) is 10.9 Å². The number of hydrogen-bond donors (Lipinski definition) is 0. The Morgan fingerprint density at radius 3 is 2.72 bits per heavy atom. The van der Waals surface area contributed by atoms with E-state index in [0.29, 0.717) is 12.0 Å². The molecule has 0 aliphatic carbocycles. The molecule has 18 heavy (non-hydrogen) atoms. The van der Waals surface area contributed by atoms with Crippen LogP contribution in [0.1, 0.15) is 30.6 Å². The van der Waals surface area contributed by atoms with Gasteiger partial charge in [-0.1, -0.05) is 25.1 Å². The number of pyridine rings is 1. The van der Waals surface area contributed by atoms with Gasteiger partial charge < -0.3 is 4.74 Å². The van der Waals surface area contributed by atoms with Crippen LogP contribution in [0.5, 0.6) is 0 Å². The molecule has 0 saturated carbocycles. The highest BCUT2D eigenvalue weighted by molar-refractivity contribution is 6.10. The lowest BCUT2D eigenvalue weighted by atomic mass is 9.91. The van der Waals surface area contributed by atoms with Gasteiger partial charge >= 0.3 is 0 Å². The monoisotopic (exact) mass is 243 g/mol. The van der Waals surface area contributed by atoms with E-state index < -0.39 is 5.60 Å². The van der Waals surface area contributed by atoms with Crippen LogP contribution in [-0.4, -0.2) is 23.5 Å². The van der Waals surface area contributed by atoms with Crippen LogP contribution in [0.4, 0.5) is 0 Å². The van der Waals surface area contributed by atoms with E-state index in [0.717, 1.165) is 10.9 Å². The minimum absolute atomic E-state index is 0.0169. The lowest BCUT2D eigenvalue weighted by Gasteiger charge is -2.25. The van der Waals surface area contributed by atoms with Crippen molar-refractivity contribution in [3.05, 3.63) is 42.1 Å². The summed E-state index contributed by atoms with van der Waals surface area (Å²) in [6.07, 6.45) is 2.33. The topological polar surface area (TPSA) is 39.2 Å². The zero-order valence-electron chi connectivity index (χ0n) is 10.9. The van der Waals surface area contributed by atoms with Gasteiger partial charge in [-0.15, -0.1) is 0 Å². The average molecular weight is 243 g/mol. The number of para-hydroxylation sites is 1. The number of fused-ring (bicyclic) bond motifs is 1. The minimum atomic E-state index is -0.786. The third-order valence-electron chi connectivity index (χ3n) is 3.48. The molecule has 1 aromatic heterocycles. The predicted octanol–water partition coefficient (Wildman–Crippen LogP) is 3.23. The Bertz CT molecular complexity index is 568. The third kappa shape index (κ3) is 2.02. The fraction of sp³-hybridized carbons (Fsp3) is 0.333. The van der Waals surface area contributed by atoms with Crippen molar-refractivity contribution >= 4 is 16.7 Å². The van der Waals surface area contributed by atoms with Crippen molar-refractivity contribution < 1.29 is 9.53 Å². The number of ketones is 1. The van der Waals surface area contributed by atoms with Crippen LogP contribution in [0.15, 0.2) is 36.5 Å². The van der Waals surface area contributed by atoms with E-state index in [-0.39, 0.29) is 5.78 Å². The summed E-state index contributed by atoms with van der Waals surface area (Å²) >= 11 is 0. The Hall–Kier alpha value is -1.74. The van der Waals surface area contributed by atoms with E-state index in [9.17, 15) is 4.79 Å². The largest absolute Gasteiger partial charge is 0.370 e. The minimum Gasteiger partial charge on any atom is -0.370 e. The number of carbonyl (C=O) groups excluding carboxylic acids is 1. The van der Waals surface area contributed by atoms with Crippen molar-refractivity contribution in [3.63, 3.8) is 0 Å². The molecule has 0 amide bonds. The smallest absolute Gasteiger partial charge is 0.196 e. The highest BCUT2D eigenvalue weighted by atomic mass is 16.5. The molecule has 0 saturated heterocycles. The summed E-state index contributed by atoms with van der Waals surface area (Å²) in [5.74, 6) is -0.0169. The second-order valence-corrected chi connectivity index (χ2v) is 4.50. The molecule has 0 spiro atoms. The maximum Gasteiger partial charge on any atom is 0.196 e. The Morgan fingerprint density at radius 2 is 2.06 bits per heavy atom. The SMILES string of the molecule is CCC(C)(OC)C(=O)c1cccc2cccnc12. The van der Waals surface area contributed by atoms with Gasteiger partial charge in [0.15, 0.2) is 5.78 Å². The first-order valence-electron chi connectivity index (χ1n) is 6.06. The van der Waals surface area contributed by atoms with E-state index in [1.165, 1.54) is 0 Å². The van der Waals surface area contributed by atoms with Crippen molar-refractivity contribution in [1.29, 1.82) is 0 Å². The molecular formula is C15H17NO2. The zero-order chi connectivity index (χ0) is 13.2. The molecule has 0 fully saturated rings. The van der Waals surface area contributed by atoms with Gasteiger partial charge in [-0.2, -0.15) is 0 Å². The first-order chi connectivity index (χ1) is 8.62. The summed E-state index contributed by atoms with van der Waals surface area (Å²) in [6, 6.07) is 9.46. The molecule has 0 bridgehead atoms. The fourth-order valence-corrected chi connectivity index (χ4v) is 1.97. The molecule has 1 atom stereocenters. The lowest BCUT2D eigenvalue weighted by Crippen LogP contribution is -2.36. The van der Waals surface area contributed by atoms with E-state index in [1.54, 1.807) is 13.3 Å². The van der Waals surface area contributed by atoms with E-state index in [1.807, 2.05) is 44.2 Å². The van der Waals surface area contributed by atoms with Gasteiger partial charge in [0, 0.05) is 24.3 Å². The van der Waals surface area contributed by atoms with E-state index >= 15 is 0 Å². The summed E-state index contributed by atoms with van der Waals surface area (Å²) in [7, 11) is 1.57.